The molecule has 1 fully saturated rings. The maximum Gasteiger partial charge on any atom is 0.229 e. The van der Waals surface area contributed by atoms with Crippen molar-refractivity contribution in [3.8, 4) is 0 Å². The van der Waals surface area contributed by atoms with Crippen molar-refractivity contribution in [3.05, 3.63) is 5.28 Å². The van der Waals surface area contributed by atoms with E-state index in [9.17, 15) is 0 Å². The summed E-state index contributed by atoms with van der Waals surface area (Å²) in [5.74, 6) is 1.95. The molecule has 1 heterocycles. The Morgan fingerprint density at radius 2 is 2.00 bits per heavy atom. The van der Waals surface area contributed by atoms with Gasteiger partial charge < -0.3 is 11.1 Å². The van der Waals surface area contributed by atoms with Crippen LogP contribution >= 0.6 is 11.6 Å². The molecule has 3 atom stereocenters. The minimum Gasteiger partial charge on any atom is -0.368 e. The van der Waals surface area contributed by atoms with Crippen molar-refractivity contribution in [2.45, 2.75) is 39.2 Å². The number of nitrogens with one attached hydrogen (secondary N) is 1. The van der Waals surface area contributed by atoms with Crippen LogP contribution in [-0.2, 0) is 0 Å². The van der Waals surface area contributed by atoms with Crippen LogP contribution in [0.25, 0.3) is 0 Å². The van der Waals surface area contributed by atoms with Crippen LogP contribution in [0.4, 0.5) is 11.9 Å². The topological polar surface area (TPSA) is 76.7 Å². The SMILES string of the molecule is CC1CCCC(Nc2nc(N)nc(Cl)n2)C1C. The molecule has 3 unspecified atom stereocenters. The zero-order valence-corrected chi connectivity index (χ0v) is 10.9. The zero-order chi connectivity index (χ0) is 12.4. The maximum absolute atomic E-state index is 5.75. The number of hydrogen-bond donors (Lipinski definition) is 2. The molecule has 1 aromatic rings. The van der Waals surface area contributed by atoms with Gasteiger partial charge >= 0.3 is 0 Å². The third-order valence-corrected chi connectivity index (χ3v) is 3.82. The molecule has 5 nitrogen and oxygen atoms in total. The van der Waals surface area contributed by atoms with Gasteiger partial charge in [-0.2, -0.15) is 15.0 Å². The van der Waals surface area contributed by atoms with E-state index in [0.29, 0.717) is 17.9 Å². The van der Waals surface area contributed by atoms with E-state index in [1.807, 2.05) is 0 Å². The number of nitrogens with two attached hydrogens (primary N) is 1. The third kappa shape index (κ3) is 2.97. The van der Waals surface area contributed by atoms with Gasteiger partial charge in [0.2, 0.25) is 17.2 Å². The Morgan fingerprint density at radius 3 is 2.71 bits per heavy atom. The molecule has 17 heavy (non-hydrogen) atoms. The minimum atomic E-state index is 0.136. The van der Waals surface area contributed by atoms with E-state index in [-0.39, 0.29) is 11.2 Å². The van der Waals surface area contributed by atoms with Gasteiger partial charge in [0.1, 0.15) is 0 Å². The summed E-state index contributed by atoms with van der Waals surface area (Å²) in [5, 5.41) is 3.45. The van der Waals surface area contributed by atoms with E-state index in [1.54, 1.807) is 0 Å². The average Bonchev–Trinajstić information content (AvgIpc) is 2.23. The molecule has 6 heteroatoms. The molecule has 1 saturated carbocycles. The molecule has 1 aliphatic rings. The highest BCUT2D eigenvalue weighted by Crippen LogP contribution is 2.31. The lowest BCUT2D eigenvalue weighted by molar-refractivity contribution is 0.252. The van der Waals surface area contributed by atoms with Crippen LogP contribution in [0.3, 0.4) is 0 Å². The molecule has 2 rings (SSSR count). The standard InChI is InChI=1S/C11H18ClN5/c1-6-4-3-5-8(7(6)2)14-11-16-9(12)15-10(13)17-11/h6-8H,3-5H2,1-2H3,(H3,13,14,15,16,17). The summed E-state index contributed by atoms with van der Waals surface area (Å²) in [6.07, 6.45) is 3.66. The second-order valence-corrected chi connectivity index (χ2v) is 5.14. The first kappa shape index (κ1) is 12.4. The van der Waals surface area contributed by atoms with E-state index >= 15 is 0 Å². The predicted molar refractivity (Wildman–Crippen MR) is 68.8 cm³/mol. The van der Waals surface area contributed by atoms with Crippen molar-refractivity contribution in [3.63, 3.8) is 0 Å². The van der Waals surface area contributed by atoms with E-state index < -0.39 is 0 Å². The molecule has 3 N–H and O–H groups in total. The first-order valence-corrected chi connectivity index (χ1v) is 6.37. The van der Waals surface area contributed by atoms with Gasteiger partial charge in [-0.15, -0.1) is 0 Å². The number of rotatable bonds is 2. The fourth-order valence-corrected chi connectivity index (χ4v) is 2.55. The zero-order valence-electron chi connectivity index (χ0n) is 10.2. The molecule has 1 aromatic heterocycles. The normalized spacial score (nSPS) is 29.0. The Balaban J connectivity index is 2.09. The molecule has 0 spiro atoms. The Morgan fingerprint density at radius 1 is 1.24 bits per heavy atom. The highest BCUT2D eigenvalue weighted by atomic mass is 35.5. The van der Waals surface area contributed by atoms with Gasteiger partial charge in [-0.1, -0.05) is 26.7 Å². The molecular formula is C11H18ClN5. The summed E-state index contributed by atoms with van der Waals surface area (Å²) in [6.45, 7) is 4.54. The summed E-state index contributed by atoms with van der Waals surface area (Å²) in [4.78, 5) is 11.8. The van der Waals surface area contributed by atoms with Crippen molar-refractivity contribution in [2.75, 3.05) is 11.1 Å². The fraction of sp³-hybridized carbons (Fsp3) is 0.727. The van der Waals surface area contributed by atoms with Crippen LogP contribution in [0.5, 0.6) is 0 Å². The van der Waals surface area contributed by atoms with Gasteiger partial charge in [-0.25, -0.2) is 0 Å². The number of aromatic nitrogens is 3. The first-order valence-electron chi connectivity index (χ1n) is 6.00. The number of hydrogen-bond acceptors (Lipinski definition) is 5. The first-order chi connectivity index (χ1) is 8.06. The average molecular weight is 256 g/mol. The molecule has 0 radical (unpaired) electrons. The fourth-order valence-electron chi connectivity index (χ4n) is 2.38. The number of nitrogen functional groups attached to an aromatic ring is 1. The number of anilines is 2. The Kier molecular flexibility index (Phi) is 3.66. The molecule has 0 amide bonds. The minimum absolute atomic E-state index is 0.136. The summed E-state index contributed by atoms with van der Waals surface area (Å²) < 4.78 is 0. The Hall–Kier alpha value is -1.10. The van der Waals surface area contributed by atoms with Crippen LogP contribution in [0.15, 0.2) is 0 Å². The van der Waals surface area contributed by atoms with Gasteiger partial charge in [-0.3, -0.25) is 0 Å². The van der Waals surface area contributed by atoms with Crippen LogP contribution in [0.1, 0.15) is 33.1 Å². The van der Waals surface area contributed by atoms with Gasteiger partial charge in [0.05, 0.1) is 0 Å². The second-order valence-electron chi connectivity index (χ2n) is 4.80. The van der Waals surface area contributed by atoms with Crippen molar-refractivity contribution in [2.24, 2.45) is 11.8 Å². The lowest BCUT2D eigenvalue weighted by Gasteiger charge is -2.34. The monoisotopic (exact) mass is 255 g/mol. The third-order valence-electron chi connectivity index (χ3n) is 3.65. The van der Waals surface area contributed by atoms with E-state index in [4.69, 9.17) is 17.3 Å². The molecule has 94 valence electrons. The van der Waals surface area contributed by atoms with Gasteiger partial charge in [0.15, 0.2) is 0 Å². The van der Waals surface area contributed by atoms with Gasteiger partial charge in [-0.05, 0) is 29.9 Å². The van der Waals surface area contributed by atoms with E-state index in [0.717, 1.165) is 12.3 Å². The number of halogens is 1. The highest BCUT2D eigenvalue weighted by Gasteiger charge is 2.27. The van der Waals surface area contributed by atoms with Crippen LogP contribution in [-0.4, -0.2) is 21.0 Å². The summed E-state index contributed by atoms with van der Waals surface area (Å²) in [5.41, 5.74) is 5.54. The van der Waals surface area contributed by atoms with Crippen molar-refractivity contribution in [1.29, 1.82) is 0 Å². The van der Waals surface area contributed by atoms with E-state index in [2.05, 4.69) is 34.1 Å². The van der Waals surface area contributed by atoms with Crippen molar-refractivity contribution < 1.29 is 0 Å². The van der Waals surface area contributed by atoms with Gasteiger partial charge in [0, 0.05) is 6.04 Å². The smallest absolute Gasteiger partial charge is 0.229 e. The highest BCUT2D eigenvalue weighted by molar-refractivity contribution is 6.28. The summed E-state index contributed by atoms with van der Waals surface area (Å²) in [7, 11) is 0. The van der Waals surface area contributed by atoms with Crippen LogP contribution < -0.4 is 11.1 Å². The largest absolute Gasteiger partial charge is 0.368 e. The molecular weight excluding hydrogens is 238 g/mol. The quantitative estimate of drug-likeness (QED) is 0.848. The summed E-state index contributed by atoms with van der Waals surface area (Å²) in [6, 6.07) is 0.386. The molecule has 0 aliphatic heterocycles. The molecule has 0 saturated heterocycles. The Bertz CT molecular complexity index is 377. The van der Waals surface area contributed by atoms with Crippen molar-refractivity contribution >= 4 is 23.5 Å². The van der Waals surface area contributed by atoms with Crippen LogP contribution in [0.2, 0.25) is 5.28 Å². The molecule has 0 aromatic carbocycles. The van der Waals surface area contributed by atoms with Crippen molar-refractivity contribution in [1.82, 2.24) is 15.0 Å². The lowest BCUT2D eigenvalue weighted by atomic mass is 9.78. The molecule has 0 bridgehead atoms. The lowest BCUT2D eigenvalue weighted by Crippen LogP contribution is -2.35. The van der Waals surface area contributed by atoms with E-state index in [1.165, 1.54) is 12.8 Å². The number of nitrogens with zero attached hydrogens (tertiary/aromatic N) is 3. The predicted octanol–water partition coefficient (Wildman–Crippen LogP) is 2.34. The summed E-state index contributed by atoms with van der Waals surface area (Å²) >= 11 is 5.75. The van der Waals surface area contributed by atoms with Crippen LogP contribution in [0, 0.1) is 11.8 Å². The second kappa shape index (κ2) is 5.04. The molecule has 1 aliphatic carbocycles. The Labute approximate surface area is 106 Å². The maximum atomic E-state index is 5.75. The van der Waals surface area contributed by atoms with Gasteiger partial charge in [0.25, 0.3) is 0 Å².